The van der Waals surface area contributed by atoms with Gasteiger partial charge in [0.25, 0.3) is 0 Å². The fourth-order valence-corrected chi connectivity index (χ4v) is 1.35. The van der Waals surface area contributed by atoms with Gasteiger partial charge in [0.15, 0.2) is 0 Å². The van der Waals surface area contributed by atoms with Gasteiger partial charge in [-0.05, 0) is 31.0 Å². The maximum atomic E-state index is 11.1. The molecule has 0 saturated heterocycles. The molecule has 0 aliphatic heterocycles. The van der Waals surface area contributed by atoms with Crippen molar-refractivity contribution in [3.63, 3.8) is 0 Å². The summed E-state index contributed by atoms with van der Waals surface area (Å²) in [5.74, 6) is -0.452. The molecule has 1 aromatic heterocycles. The normalized spacial score (nSPS) is 12.8. The molecule has 1 atom stereocenters. The molecule has 0 saturated carbocycles. The van der Waals surface area contributed by atoms with Gasteiger partial charge < -0.3 is 10.4 Å². The standard InChI is InChI=1S/C12H18N2O2/c1-8(2)6-14-11(12(15)16)10-5-4-9(3)13-7-10/h4-5,7-8,11,14H,6H2,1-3H3,(H,15,16). The van der Waals surface area contributed by atoms with E-state index in [9.17, 15) is 4.79 Å². The van der Waals surface area contributed by atoms with Gasteiger partial charge in [-0.25, -0.2) is 0 Å². The summed E-state index contributed by atoms with van der Waals surface area (Å²) in [6.45, 7) is 6.63. The number of carbonyl (C=O) groups is 1. The maximum Gasteiger partial charge on any atom is 0.325 e. The number of pyridine rings is 1. The Morgan fingerprint density at radius 2 is 2.19 bits per heavy atom. The molecule has 0 aromatic carbocycles. The van der Waals surface area contributed by atoms with Crippen molar-refractivity contribution >= 4 is 5.97 Å². The maximum absolute atomic E-state index is 11.1. The first-order valence-corrected chi connectivity index (χ1v) is 5.39. The first-order valence-electron chi connectivity index (χ1n) is 5.39. The number of carboxylic acid groups (broad SMARTS) is 1. The van der Waals surface area contributed by atoms with Crippen LogP contribution in [0.3, 0.4) is 0 Å². The number of hydrogen-bond donors (Lipinski definition) is 2. The van der Waals surface area contributed by atoms with Crippen LogP contribution in [0.2, 0.25) is 0 Å². The van der Waals surface area contributed by atoms with Crippen LogP contribution in [0.15, 0.2) is 18.3 Å². The number of aromatic nitrogens is 1. The minimum Gasteiger partial charge on any atom is -0.480 e. The minimum absolute atomic E-state index is 0.417. The van der Waals surface area contributed by atoms with E-state index in [1.165, 1.54) is 0 Å². The van der Waals surface area contributed by atoms with E-state index >= 15 is 0 Å². The number of nitrogens with one attached hydrogen (secondary N) is 1. The van der Waals surface area contributed by atoms with Crippen molar-refractivity contribution < 1.29 is 9.90 Å². The van der Waals surface area contributed by atoms with Crippen molar-refractivity contribution in [2.45, 2.75) is 26.8 Å². The molecule has 88 valence electrons. The Hall–Kier alpha value is -1.42. The molecule has 0 aliphatic rings. The second-order valence-electron chi connectivity index (χ2n) is 4.31. The topological polar surface area (TPSA) is 62.2 Å². The average Bonchev–Trinajstić information content (AvgIpc) is 2.20. The van der Waals surface area contributed by atoms with Crippen molar-refractivity contribution in [1.29, 1.82) is 0 Å². The van der Waals surface area contributed by atoms with Crippen molar-refractivity contribution in [2.75, 3.05) is 6.54 Å². The van der Waals surface area contributed by atoms with E-state index < -0.39 is 12.0 Å². The predicted molar refractivity (Wildman–Crippen MR) is 62.2 cm³/mol. The van der Waals surface area contributed by atoms with E-state index in [1.54, 1.807) is 12.3 Å². The summed E-state index contributed by atoms with van der Waals surface area (Å²) in [6.07, 6.45) is 1.61. The quantitative estimate of drug-likeness (QED) is 0.797. The van der Waals surface area contributed by atoms with Crippen LogP contribution < -0.4 is 5.32 Å². The number of aryl methyl sites for hydroxylation is 1. The van der Waals surface area contributed by atoms with E-state index in [0.717, 1.165) is 5.69 Å². The van der Waals surface area contributed by atoms with Gasteiger partial charge in [-0.15, -0.1) is 0 Å². The molecular formula is C12H18N2O2. The molecular weight excluding hydrogens is 204 g/mol. The van der Waals surface area contributed by atoms with Gasteiger partial charge in [0, 0.05) is 11.9 Å². The number of carboxylic acids is 1. The molecule has 1 unspecified atom stereocenters. The third kappa shape index (κ3) is 3.62. The van der Waals surface area contributed by atoms with E-state index in [0.29, 0.717) is 18.0 Å². The molecule has 1 rings (SSSR count). The lowest BCUT2D eigenvalue weighted by Crippen LogP contribution is -2.31. The highest BCUT2D eigenvalue weighted by Crippen LogP contribution is 2.12. The number of rotatable bonds is 5. The summed E-state index contributed by atoms with van der Waals surface area (Å²) < 4.78 is 0. The molecule has 16 heavy (non-hydrogen) atoms. The van der Waals surface area contributed by atoms with Crippen LogP contribution in [0.5, 0.6) is 0 Å². The highest BCUT2D eigenvalue weighted by atomic mass is 16.4. The van der Waals surface area contributed by atoms with Crippen molar-refractivity contribution in [2.24, 2.45) is 5.92 Å². The van der Waals surface area contributed by atoms with E-state index in [2.05, 4.69) is 10.3 Å². The predicted octanol–water partition coefficient (Wildman–Crippen LogP) is 1.76. The Kier molecular flexibility index (Phi) is 4.43. The summed E-state index contributed by atoms with van der Waals surface area (Å²) in [4.78, 5) is 15.2. The third-order valence-corrected chi connectivity index (χ3v) is 2.24. The fraction of sp³-hybridized carbons (Fsp3) is 0.500. The Bertz CT molecular complexity index is 347. The van der Waals surface area contributed by atoms with Gasteiger partial charge >= 0.3 is 5.97 Å². The lowest BCUT2D eigenvalue weighted by Gasteiger charge is -2.16. The number of aliphatic carboxylic acids is 1. The fourth-order valence-electron chi connectivity index (χ4n) is 1.35. The molecule has 2 N–H and O–H groups in total. The average molecular weight is 222 g/mol. The summed E-state index contributed by atoms with van der Waals surface area (Å²) in [5.41, 5.74) is 1.58. The summed E-state index contributed by atoms with van der Waals surface area (Å²) in [7, 11) is 0. The monoisotopic (exact) mass is 222 g/mol. The van der Waals surface area contributed by atoms with Gasteiger partial charge in [0.05, 0.1) is 0 Å². The highest BCUT2D eigenvalue weighted by Gasteiger charge is 2.19. The van der Waals surface area contributed by atoms with Crippen LogP contribution >= 0.6 is 0 Å². The zero-order valence-electron chi connectivity index (χ0n) is 9.90. The molecule has 4 nitrogen and oxygen atoms in total. The number of hydrogen-bond acceptors (Lipinski definition) is 3. The van der Waals surface area contributed by atoms with Gasteiger partial charge in [-0.1, -0.05) is 19.9 Å². The lowest BCUT2D eigenvalue weighted by atomic mass is 10.1. The number of nitrogens with zero attached hydrogens (tertiary/aromatic N) is 1. The summed E-state index contributed by atoms with van der Waals surface area (Å²) >= 11 is 0. The molecule has 0 amide bonds. The largest absolute Gasteiger partial charge is 0.480 e. The van der Waals surface area contributed by atoms with E-state index in [1.807, 2.05) is 26.8 Å². The smallest absolute Gasteiger partial charge is 0.325 e. The SMILES string of the molecule is Cc1ccc(C(NCC(C)C)C(=O)O)cn1. The van der Waals surface area contributed by atoms with Crippen LogP contribution in [0.1, 0.15) is 31.1 Å². The molecule has 0 aliphatic carbocycles. The molecule has 0 bridgehead atoms. The van der Waals surface area contributed by atoms with Crippen LogP contribution in [-0.2, 0) is 4.79 Å². The molecule has 0 spiro atoms. The Morgan fingerprint density at radius 3 is 2.62 bits per heavy atom. The van der Waals surface area contributed by atoms with E-state index in [4.69, 9.17) is 5.11 Å². The molecule has 1 aromatic rings. The minimum atomic E-state index is -0.869. The van der Waals surface area contributed by atoms with Gasteiger partial charge in [0.1, 0.15) is 6.04 Å². The van der Waals surface area contributed by atoms with Crippen LogP contribution in [0, 0.1) is 12.8 Å². The summed E-state index contributed by atoms with van der Waals surface area (Å²) in [6, 6.07) is 2.95. The highest BCUT2D eigenvalue weighted by molar-refractivity contribution is 5.75. The molecule has 1 heterocycles. The van der Waals surface area contributed by atoms with Crippen LogP contribution in [0.25, 0.3) is 0 Å². The van der Waals surface area contributed by atoms with Crippen molar-refractivity contribution in [3.8, 4) is 0 Å². The third-order valence-electron chi connectivity index (χ3n) is 2.24. The first kappa shape index (κ1) is 12.6. The van der Waals surface area contributed by atoms with Crippen molar-refractivity contribution in [3.05, 3.63) is 29.6 Å². The molecule has 0 fully saturated rings. The Balaban J connectivity index is 2.77. The summed E-state index contributed by atoms with van der Waals surface area (Å²) in [5, 5.41) is 12.1. The lowest BCUT2D eigenvalue weighted by molar-refractivity contribution is -0.139. The van der Waals surface area contributed by atoms with Crippen LogP contribution in [0.4, 0.5) is 0 Å². The second kappa shape index (κ2) is 5.61. The zero-order chi connectivity index (χ0) is 12.1. The van der Waals surface area contributed by atoms with Gasteiger partial charge in [0.2, 0.25) is 0 Å². The Morgan fingerprint density at radius 1 is 1.50 bits per heavy atom. The van der Waals surface area contributed by atoms with Crippen LogP contribution in [-0.4, -0.2) is 22.6 Å². The second-order valence-corrected chi connectivity index (χ2v) is 4.31. The zero-order valence-corrected chi connectivity index (χ0v) is 9.90. The Labute approximate surface area is 95.7 Å². The molecule has 4 heteroatoms. The molecule has 0 radical (unpaired) electrons. The van der Waals surface area contributed by atoms with Gasteiger partial charge in [-0.2, -0.15) is 0 Å². The first-order chi connectivity index (χ1) is 7.50. The van der Waals surface area contributed by atoms with E-state index in [-0.39, 0.29) is 0 Å². The van der Waals surface area contributed by atoms with Crippen molar-refractivity contribution in [1.82, 2.24) is 10.3 Å². The van der Waals surface area contributed by atoms with Gasteiger partial charge in [-0.3, -0.25) is 9.78 Å².